The number of alkyl halides is 3. The lowest BCUT2D eigenvalue weighted by molar-refractivity contribution is -0.137. The van der Waals surface area contributed by atoms with Crippen LogP contribution in [0.5, 0.6) is 5.75 Å². The maximum atomic E-state index is 12.4. The topological polar surface area (TPSA) is 50.1 Å². The van der Waals surface area contributed by atoms with Gasteiger partial charge in [0.15, 0.2) is 0 Å². The molecule has 0 aliphatic rings. The molecule has 2 aromatic rings. The number of hydrogen-bond donors (Lipinski definition) is 0. The highest BCUT2D eigenvalue weighted by Crippen LogP contribution is 2.29. The second kappa shape index (κ2) is 5.67. The van der Waals surface area contributed by atoms with Crippen LogP contribution in [0.15, 0.2) is 48.5 Å². The van der Waals surface area contributed by atoms with Gasteiger partial charge in [-0.3, -0.25) is 0 Å². The molecule has 2 aromatic carbocycles. The molecule has 0 heterocycles. The lowest BCUT2D eigenvalue weighted by Gasteiger charge is -2.07. The third kappa shape index (κ3) is 3.60. The van der Waals surface area contributed by atoms with E-state index in [0.29, 0.717) is 5.56 Å². The number of rotatable bonds is 2. The Bertz CT molecular complexity index is 683. The van der Waals surface area contributed by atoms with Crippen molar-refractivity contribution < 1.29 is 22.7 Å². The van der Waals surface area contributed by atoms with Gasteiger partial charge in [0.1, 0.15) is 5.75 Å². The van der Waals surface area contributed by atoms with Gasteiger partial charge in [-0.25, -0.2) is 4.79 Å². The largest absolute Gasteiger partial charge is 0.423 e. The molecular formula is C15H8F3NO2. The molecule has 6 heteroatoms. The third-order valence-electron chi connectivity index (χ3n) is 2.64. The Hall–Kier alpha value is -2.81. The maximum absolute atomic E-state index is 12.4. The fraction of sp³-hybridized carbons (Fsp3) is 0.0667. The molecular weight excluding hydrogens is 283 g/mol. The Morgan fingerprint density at radius 3 is 2.05 bits per heavy atom. The smallest absolute Gasteiger partial charge is 0.416 e. The third-order valence-corrected chi connectivity index (χ3v) is 2.64. The number of nitrogens with zero attached hydrogens (tertiary/aromatic N) is 1. The number of benzene rings is 2. The molecule has 0 saturated carbocycles. The molecule has 0 unspecified atom stereocenters. The summed E-state index contributed by atoms with van der Waals surface area (Å²) >= 11 is 0. The zero-order valence-electron chi connectivity index (χ0n) is 10.5. The molecule has 0 aliphatic heterocycles. The molecule has 0 fully saturated rings. The number of carbonyl (C=O) groups excluding carboxylic acids is 1. The zero-order chi connectivity index (χ0) is 15.5. The van der Waals surface area contributed by atoms with Gasteiger partial charge >= 0.3 is 12.1 Å². The number of nitriles is 1. The Kier molecular flexibility index (Phi) is 3.94. The number of esters is 1. The number of carbonyl (C=O) groups is 1. The van der Waals surface area contributed by atoms with Gasteiger partial charge in [-0.1, -0.05) is 0 Å². The van der Waals surface area contributed by atoms with Gasteiger partial charge in [0.05, 0.1) is 22.8 Å². The molecule has 0 radical (unpaired) electrons. The van der Waals surface area contributed by atoms with Crippen LogP contribution in [0.25, 0.3) is 0 Å². The molecule has 0 aliphatic carbocycles. The van der Waals surface area contributed by atoms with E-state index in [4.69, 9.17) is 10.00 Å². The highest BCUT2D eigenvalue weighted by atomic mass is 19.4. The SMILES string of the molecule is N#Cc1ccc(OC(=O)c2ccc(C(F)(F)F)cc2)cc1. The quantitative estimate of drug-likeness (QED) is 0.624. The Labute approximate surface area is 118 Å². The van der Waals surface area contributed by atoms with Crippen molar-refractivity contribution in [3.63, 3.8) is 0 Å². The Morgan fingerprint density at radius 1 is 1.00 bits per heavy atom. The maximum Gasteiger partial charge on any atom is 0.416 e. The van der Waals surface area contributed by atoms with E-state index in [9.17, 15) is 18.0 Å². The van der Waals surface area contributed by atoms with E-state index in [0.717, 1.165) is 24.3 Å². The van der Waals surface area contributed by atoms with E-state index >= 15 is 0 Å². The molecule has 3 nitrogen and oxygen atoms in total. The second-order valence-corrected chi connectivity index (χ2v) is 4.10. The zero-order valence-corrected chi connectivity index (χ0v) is 10.5. The van der Waals surface area contributed by atoms with Crippen LogP contribution in [0, 0.1) is 11.3 Å². The van der Waals surface area contributed by atoms with Crippen molar-refractivity contribution in [1.29, 1.82) is 5.26 Å². The summed E-state index contributed by atoms with van der Waals surface area (Å²) in [7, 11) is 0. The van der Waals surface area contributed by atoms with Crippen LogP contribution in [-0.2, 0) is 6.18 Å². The van der Waals surface area contributed by atoms with Crippen molar-refractivity contribution >= 4 is 5.97 Å². The molecule has 0 aromatic heterocycles. The normalized spacial score (nSPS) is 10.8. The van der Waals surface area contributed by atoms with E-state index in [1.165, 1.54) is 24.3 Å². The van der Waals surface area contributed by atoms with Crippen LogP contribution >= 0.6 is 0 Å². The summed E-state index contributed by atoms with van der Waals surface area (Å²) in [6.45, 7) is 0. The first-order valence-corrected chi connectivity index (χ1v) is 5.80. The van der Waals surface area contributed by atoms with Gasteiger partial charge in [-0.05, 0) is 48.5 Å². The van der Waals surface area contributed by atoms with E-state index in [1.807, 2.05) is 6.07 Å². The first-order chi connectivity index (χ1) is 9.90. The monoisotopic (exact) mass is 291 g/mol. The molecule has 0 N–H and O–H groups in total. The molecule has 0 spiro atoms. The Balaban J connectivity index is 2.11. The Morgan fingerprint density at radius 2 is 1.57 bits per heavy atom. The number of hydrogen-bond acceptors (Lipinski definition) is 3. The van der Waals surface area contributed by atoms with Gasteiger partial charge in [-0.15, -0.1) is 0 Å². The van der Waals surface area contributed by atoms with Crippen LogP contribution in [-0.4, -0.2) is 5.97 Å². The molecule has 2 rings (SSSR count). The van der Waals surface area contributed by atoms with Crippen LogP contribution in [0.1, 0.15) is 21.5 Å². The van der Waals surface area contributed by atoms with E-state index < -0.39 is 17.7 Å². The predicted molar refractivity (Wildman–Crippen MR) is 67.6 cm³/mol. The molecule has 106 valence electrons. The first kappa shape index (κ1) is 14.6. The molecule has 0 amide bonds. The van der Waals surface area contributed by atoms with Crippen LogP contribution in [0.2, 0.25) is 0 Å². The van der Waals surface area contributed by atoms with E-state index in [-0.39, 0.29) is 11.3 Å². The van der Waals surface area contributed by atoms with Crippen molar-refractivity contribution in [2.24, 2.45) is 0 Å². The average molecular weight is 291 g/mol. The molecule has 0 bridgehead atoms. The van der Waals surface area contributed by atoms with Gasteiger partial charge in [0, 0.05) is 0 Å². The second-order valence-electron chi connectivity index (χ2n) is 4.10. The van der Waals surface area contributed by atoms with Gasteiger partial charge in [0.2, 0.25) is 0 Å². The predicted octanol–water partition coefficient (Wildman–Crippen LogP) is 3.80. The summed E-state index contributed by atoms with van der Waals surface area (Å²) in [5.41, 5.74) is -0.422. The van der Waals surface area contributed by atoms with Crippen LogP contribution < -0.4 is 4.74 Å². The average Bonchev–Trinajstić information content (AvgIpc) is 2.47. The van der Waals surface area contributed by atoms with Crippen LogP contribution in [0.3, 0.4) is 0 Å². The summed E-state index contributed by atoms with van der Waals surface area (Å²) in [6, 6.07) is 11.4. The minimum atomic E-state index is -4.45. The summed E-state index contributed by atoms with van der Waals surface area (Å²) in [5.74, 6) is -0.563. The minimum absolute atomic E-state index is 0.00681. The van der Waals surface area contributed by atoms with Gasteiger partial charge in [0.25, 0.3) is 0 Å². The lowest BCUT2D eigenvalue weighted by Crippen LogP contribution is -2.10. The fourth-order valence-corrected chi connectivity index (χ4v) is 1.56. The van der Waals surface area contributed by atoms with Gasteiger partial charge < -0.3 is 4.74 Å². The van der Waals surface area contributed by atoms with Crippen molar-refractivity contribution in [2.75, 3.05) is 0 Å². The minimum Gasteiger partial charge on any atom is -0.423 e. The van der Waals surface area contributed by atoms with E-state index in [1.54, 1.807) is 0 Å². The van der Waals surface area contributed by atoms with Crippen molar-refractivity contribution in [3.05, 3.63) is 65.2 Å². The highest BCUT2D eigenvalue weighted by Gasteiger charge is 2.30. The van der Waals surface area contributed by atoms with Gasteiger partial charge in [-0.2, -0.15) is 18.4 Å². The molecule has 0 saturated heterocycles. The standard InChI is InChI=1S/C15H8F3NO2/c16-15(17,18)12-5-3-11(4-6-12)14(20)21-13-7-1-10(9-19)2-8-13/h1-8H. The molecule has 0 atom stereocenters. The fourth-order valence-electron chi connectivity index (χ4n) is 1.56. The van der Waals surface area contributed by atoms with Crippen molar-refractivity contribution in [3.8, 4) is 11.8 Å². The summed E-state index contributed by atoms with van der Waals surface area (Å²) < 4.78 is 42.2. The van der Waals surface area contributed by atoms with Crippen molar-refractivity contribution in [2.45, 2.75) is 6.18 Å². The number of halogens is 3. The van der Waals surface area contributed by atoms with E-state index in [2.05, 4.69) is 0 Å². The number of ether oxygens (including phenoxy) is 1. The van der Waals surface area contributed by atoms with Crippen molar-refractivity contribution in [1.82, 2.24) is 0 Å². The summed E-state index contributed by atoms with van der Waals surface area (Å²) in [6.07, 6.45) is -4.45. The molecule has 21 heavy (non-hydrogen) atoms. The first-order valence-electron chi connectivity index (χ1n) is 5.80. The lowest BCUT2D eigenvalue weighted by atomic mass is 10.1. The highest BCUT2D eigenvalue weighted by molar-refractivity contribution is 5.91. The van der Waals surface area contributed by atoms with Crippen LogP contribution in [0.4, 0.5) is 13.2 Å². The summed E-state index contributed by atoms with van der Waals surface area (Å²) in [5, 5.41) is 8.63. The summed E-state index contributed by atoms with van der Waals surface area (Å²) in [4.78, 5) is 11.8.